The van der Waals surface area contributed by atoms with Crippen molar-refractivity contribution in [2.45, 2.75) is 135 Å². The van der Waals surface area contributed by atoms with E-state index in [0.717, 1.165) is 192 Å². The molecule has 4 aliphatic rings. The Labute approximate surface area is 608 Å². The van der Waals surface area contributed by atoms with Crippen LogP contribution in [0.15, 0.2) is 264 Å². The summed E-state index contributed by atoms with van der Waals surface area (Å²) >= 11 is 6.74. The number of aromatic nitrogens is 13. The molecule has 4 aliphatic heterocycles. The van der Waals surface area contributed by atoms with Crippen molar-refractivity contribution in [2.75, 3.05) is 19.6 Å². The molecule has 0 aliphatic carbocycles. The van der Waals surface area contributed by atoms with Crippen LogP contribution < -0.4 is 4.74 Å². The van der Waals surface area contributed by atoms with Gasteiger partial charge in [0.1, 0.15) is 5.75 Å². The molecule has 0 saturated heterocycles. The van der Waals surface area contributed by atoms with Crippen molar-refractivity contribution in [3.8, 4) is 51.4 Å². The van der Waals surface area contributed by atoms with Crippen molar-refractivity contribution in [2.24, 2.45) is 20.0 Å². The van der Waals surface area contributed by atoms with Gasteiger partial charge in [-0.2, -0.15) is 0 Å². The van der Waals surface area contributed by atoms with E-state index < -0.39 is 0 Å². The van der Waals surface area contributed by atoms with Crippen LogP contribution in [0.5, 0.6) is 5.75 Å². The Morgan fingerprint density at radius 1 is 0.376 bits per heavy atom. The second kappa shape index (κ2) is 37.6. The summed E-state index contributed by atoms with van der Waals surface area (Å²) < 4.78 is 14.1. The van der Waals surface area contributed by atoms with Gasteiger partial charge in [0.05, 0.1) is 12.8 Å². The lowest BCUT2D eigenvalue weighted by atomic mass is 10.2. The monoisotopic (exact) mass is 1410 g/mol. The first-order chi connectivity index (χ1) is 50.0. The number of para-hydroxylation sites is 1. The molecule has 11 aromatic rings. The highest BCUT2D eigenvalue weighted by atomic mass is 32.2. The van der Waals surface area contributed by atoms with Crippen molar-refractivity contribution in [3.63, 3.8) is 0 Å². The fraction of sp³-hybridized carbons (Fsp3) is 0.266. The Balaban J connectivity index is 0.000000129. The molecule has 0 spiro atoms. The zero-order chi connectivity index (χ0) is 69.1. The molecule has 0 amide bonds. The molecule has 0 bridgehead atoms. The summed E-state index contributed by atoms with van der Waals surface area (Å²) in [6.45, 7) is 3.56. The molecule has 0 radical (unpaired) electrons. The predicted octanol–water partition coefficient (Wildman–Crippen LogP) is 18.9. The van der Waals surface area contributed by atoms with Crippen LogP contribution in [0, 0.1) is 0 Å². The molecular formula is C79H83N17OS4. The van der Waals surface area contributed by atoms with E-state index in [4.69, 9.17) is 4.74 Å². The van der Waals surface area contributed by atoms with Crippen molar-refractivity contribution >= 4 is 82.8 Å². The SMILES string of the molecule is C1=NC(CCCn2c(SCc3ccccc3)nnc2-c2cc3ccccc3[nH]2)=CC1.C1=NC(CCCn2c(SCc3ccccc3)nnc2-c2ccccc2)=CC1.COc1ccc(-c2nnc(SC)n2CCCC2=CCC=N2)cc1.CSc1nnc(-c2ccccc2)n1CCCC1=CCC=N1. The highest BCUT2D eigenvalue weighted by Crippen LogP contribution is 2.33. The largest absolute Gasteiger partial charge is 0.497 e. The smallest absolute Gasteiger partial charge is 0.191 e. The summed E-state index contributed by atoms with van der Waals surface area (Å²) in [7, 11) is 1.67. The molecule has 6 aromatic carbocycles. The van der Waals surface area contributed by atoms with E-state index in [9.17, 15) is 0 Å². The van der Waals surface area contributed by atoms with Crippen LogP contribution in [-0.2, 0) is 37.7 Å². The van der Waals surface area contributed by atoms with Crippen LogP contribution in [0.1, 0.15) is 88.2 Å². The first-order valence-corrected chi connectivity index (χ1v) is 38.7. The zero-order valence-corrected chi connectivity index (χ0v) is 60.6. The van der Waals surface area contributed by atoms with Crippen LogP contribution >= 0.6 is 47.0 Å². The molecule has 0 unspecified atom stereocenters. The van der Waals surface area contributed by atoms with Crippen LogP contribution in [0.4, 0.5) is 0 Å². The van der Waals surface area contributed by atoms with E-state index in [1.54, 1.807) is 54.2 Å². The number of benzene rings is 6. The molecule has 18 nitrogen and oxygen atoms in total. The lowest BCUT2D eigenvalue weighted by molar-refractivity contribution is 0.415. The topological polar surface area (TPSA) is 197 Å². The molecule has 101 heavy (non-hydrogen) atoms. The van der Waals surface area contributed by atoms with Crippen molar-refractivity contribution < 1.29 is 4.74 Å². The minimum absolute atomic E-state index is 0.843. The van der Waals surface area contributed by atoms with Gasteiger partial charge in [0.25, 0.3) is 0 Å². The maximum atomic E-state index is 5.22. The lowest BCUT2D eigenvalue weighted by Crippen LogP contribution is -2.03. The number of nitrogens with one attached hydrogen (secondary N) is 1. The fourth-order valence-electron chi connectivity index (χ4n) is 11.9. The average Bonchev–Trinajstić information content (AvgIpc) is 1.58. The van der Waals surface area contributed by atoms with Gasteiger partial charge in [-0.3, -0.25) is 20.0 Å². The Kier molecular flexibility index (Phi) is 26.5. The van der Waals surface area contributed by atoms with Crippen molar-refractivity contribution in [1.29, 1.82) is 0 Å². The first kappa shape index (κ1) is 71.1. The Bertz CT molecular complexity index is 4650. The lowest BCUT2D eigenvalue weighted by Gasteiger charge is -2.10. The molecule has 0 saturated carbocycles. The summed E-state index contributed by atoms with van der Waals surface area (Å²) in [4.78, 5) is 21.1. The highest BCUT2D eigenvalue weighted by Gasteiger charge is 2.20. The van der Waals surface area contributed by atoms with Crippen LogP contribution in [-0.4, -0.2) is 109 Å². The van der Waals surface area contributed by atoms with Crippen LogP contribution in [0.3, 0.4) is 0 Å². The molecule has 0 fully saturated rings. The maximum Gasteiger partial charge on any atom is 0.191 e. The van der Waals surface area contributed by atoms with Crippen LogP contribution in [0.2, 0.25) is 0 Å². The number of thioether (sulfide) groups is 4. The summed E-state index contributed by atoms with van der Waals surface area (Å²) in [5.74, 6) is 6.30. The van der Waals surface area contributed by atoms with Gasteiger partial charge in [-0.1, -0.05) is 211 Å². The van der Waals surface area contributed by atoms with Gasteiger partial charge >= 0.3 is 0 Å². The third-order valence-corrected chi connectivity index (χ3v) is 20.4. The highest BCUT2D eigenvalue weighted by molar-refractivity contribution is 7.99. The number of allylic oxidation sites excluding steroid dienone is 8. The van der Waals surface area contributed by atoms with E-state index in [1.807, 2.05) is 116 Å². The predicted molar refractivity (Wildman–Crippen MR) is 418 cm³/mol. The van der Waals surface area contributed by atoms with Crippen molar-refractivity contribution in [1.82, 2.24) is 64.0 Å². The third kappa shape index (κ3) is 20.1. The van der Waals surface area contributed by atoms with Crippen LogP contribution in [0.25, 0.3) is 56.6 Å². The maximum absolute atomic E-state index is 5.22. The standard InChI is InChI=1S/C24H23N5S.C22H22N4S.C17H20N4OS.C16H18N4S/c1-2-8-18(9-3-1)17-30-24-28-27-23(22-16-19-10-4-5-13-21(19)26-22)29(24)15-7-12-20-11-6-14-25-20;1-3-9-18(10-4-1)17-27-22-25-24-21(19-11-5-2-6-12-19)26(22)16-8-14-20-13-7-15-23-20;1-22-15-9-7-13(8-10-15)16-19-20-17(23-2)21(16)12-4-6-14-5-3-11-18-14;1-21-16-19-18-15(13-7-3-2-4-8-13)20(16)12-6-10-14-9-5-11-17-14/h1-5,8-11,13-14,16,26H,6-7,12,15,17H2;1-6,9-13,15H,7-8,14,16-17H2;5,7-11H,3-4,6,12H2,1-2H3;2-4,7-9,11H,5-6,10,12H2,1H3. The van der Waals surface area contributed by atoms with Gasteiger partial charge in [0, 0.05) is 139 Å². The molecule has 22 heteroatoms. The number of rotatable bonds is 29. The normalized spacial score (nSPS) is 13.3. The Hall–Kier alpha value is -9.74. The van der Waals surface area contributed by atoms with Crippen molar-refractivity contribution in [3.05, 3.63) is 234 Å². The number of ether oxygens (including phenoxy) is 1. The summed E-state index contributed by atoms with van der Waals surface area (Å²) in [5, 5.41) is 40.4. The molecular weight excluding hydrogens is 1330 g/mol. The van der Waals surface area contributed by atoms with E-state index >= 15 is 0 Å². The minimum atomic E-state index is 0.843. The van der Waals surface area contributed by atoms with E-state index in [1.165, 1.54) is 39.3 Å². The van der Waals surface area contributed by atoms with Gasteiger partial charge in [0.15, 0.2) is 43.9 Å². The van der Waals surface area contributed by atoms with E-state index in [2.05, 4.69) is 205 Å². The quantitative estimate of drug-likeness (QED) is 0.0435. The Morgan fingerprint density at radius 3 is 1.10 bits per heavy atom. The molecule has 15 rings (SSSR count). The van der Waals surface area contributed by atoms with E-state index in [-0.39, 0.29) is 0 Å². The molecule has 514 valence electrons. The first-order valence-electron chi connectivity index (χ1n) is 34.3. The number of hydrogen-bond acceptors (Lipinski definition) is 17. The zero-order valence-electron chi connectivity index (χ0n) is 57.3. The third-order valence-electron chi connectivity index (χ3n) is 17.0. The summed E-state index contributed by atoms with van der Waals surface area (Å²) in [6.07, 6.45) is 32.7. The number of aliphatic imine (C=N–C) groups is 4. The van der Waals surface area contributed by atoms with Gasteiger partial charge < -0.3 is 28.0 Å². The summed E-state index contributed by atoms with van der Waals surface area (Å²) in [6, 6.07) is 59.9. The van der Waals surface area contributed by atoms with E-state index in [0.29, 0.717) is 0 Å². The number of H-pyrrole nitrogens is 1. The fourth-order valence-corrected chi connectivity index (χ4v) is 14.7. The second-order valence-corrected chi connectivity index (χ2v) is 27.3. The molecule has 1 N–H and O–H groups in total. The molecule has 9 heterocycles. The minimum Gasteiger partial charge on any atom is -0.497 e. The Morgan fingerprint density at radius 2 is 0.723 bits per heavy atom. The van der Waals surface area contributed by atoms with Gasteiger partial charge in [0.2, 0.25) is 0 Å². The number of nitrogens with zero attached hydrogens (tertiary/aromatic N) is 16. The number of aromatic amines is 1. The molecule has 5 aromatic heterocycles. The number of hydrogen-bond donors (Lipinski definition) is 1. The number of methoxy groups -OCH3 is 1. The summed E-state index contributed by atoms with van der Waals surface area (Å²) in [5.41, 5.74) is 12.8. The molecule has 0 atom stereocenters. The second-order valence-electron chi connectivity index (χ2n) is 23.9. The number of fused-ring (bicyclic) bond motifs is 1. The van der Waals surface area contributed by atoms with Gasteiger partial charge in [-0.05, 0) is 111 Å². The van der Waals surface area contributed by atoms with Gasteiger partial charge in [-0.15, -0.1) is 40.8 Å². The van der Waals surface area contributed by atoms with Gasteiger partial charge in [-0.25, -0.2) is 0 Å². The average molecular weight is 1410 g/mol.